The lowest BCUT2D eigenvalue weighted by atomic mass is 10.2. The molecule has 0 radical (unpaired) electrons. The van der Waals surface area contributed by atoms with Crippen LogP contribution in [0.25, 0.3) is 10.2 Å². The van der Waals surface area contributed by atoms with Gasteiger partial charge in [-0.3, -0.25) is 0 Å². The maximum atomic E-state index is 5.47. The minimum absolute atomic E-state index is 0.717. The van der Waals surface area contributed by atoms with Gasteiger partial charge in [0.05, 0.1) is 29.1 Å². The van der Waals surface area contributed by atoms with Crippen molar-refractivity contribution in [1.82, 2.24) is 19.7 Å². The fraction of sp³-hybridized carbons (Fsp3) is 0.286. The zero-order valence-electron chi connectivity index (χ0n) is 16.2. The van der Waals surface area contributed by atoms with Gasteiger partial charge in [-0.25, -0.2) is 4.98 Å². The summed E-state index contributed by atoms with van der Waals surface area (Å²) in [6.45, 7) is 4.23. The van der Waals surface area contributed by atoms with E-state index in [1.165, 1.54) is 10.3 Å². The highest BCUT2D eigenvalue weighted by atomic mass is 32.2. The largest absolute Gasteiger partial charge is 0.381 e. The third-order valence-electron chi connectivity index (χ3n) is 4.24. The van der Waals surface area contributed by atoms with Gasteiger partial charge in [0, 0.05) is 12.4 Å². The Hall–Kier alpha value is -1.87. The van der Waals surface area contributed by atoms with Crippen LogP contribution in [0.3, 0.4) is 0 Å². The molecule has 0 aliphatic heterocycles. The van der Waals surface area contributed by atoms with Gasteiger partial charge in [0.25, 0.3) is 0 Å². The summed E-state index contributed by atoms with van der Waals surface area (Å²) in [7, 11) is 0. The number of hydrogen-bond acceptors (Lipinski definition) is 7. The first kappa shape index (κ1) is 20.4. The first-order chi connectivity index (χ1) is 14.3. The van der Waals surface area contributed by atoms with Crippen molar-refractivity contribution < 1.29 is 4.74 Å². The third-order valence-corrected chi connectivity index (χ3v) is 7.35. The highest BCUT2D eigenvalue weighted by molar-refractivity contribution is 8.00. The van der Waals surface area contributed by atoms with Crippen molar-refractivity contribution in [2.75, 3.05) is 19.0 Å². The number of para-hydroxylation sites is 1. The molecular weight excluding hydrogens is 420 g/mol. The van der Waals surface area contributed by atoms with Crippen LogP contribution in [-0.4, -0.2) is 38.7 Å². The molecule has 150 valence electrons. The standard InChI is InChI=1S/C21H22N4OS3/c1-2-26-12-13-27-20-24-23-19(25(20)14-16-8-4-3-5-9-16)15-28-21-22-17-10-6-7-11-18(17)29-21/h3-11H,2,12-15H2,1H3. The second-order valence-electron chi connectivity index (χ2n) is 6.25. The first-order valence-corrected chi connectivity index (χ1v) is 12.3. The number of aromatic nitrogens is 4. The summed E-state index contributed by atoms with van der Waals surface area (Å²) in [5.41, 5.74) is 2.29. The van der Waals surface area contributed by atoms with E-state index in [1.54, 1.807) is 34.9 Å². The number of nitrogens with zero attached hydrogens (tertiary/aromatic N) is 4. The highest BCUT2D eigenvalue weighted by Gasteiger charge is 2.14. The van der Waals surface area contributed by atoms with Gasteiger partial charge in [-0.15, -0.1) is 21.5 Å². The Kier molecular flexibility index (Phi) is 7.21. The lowest BCUT2D eigenvalue weighted by Gasteiger charge is -2.10. The molecule has 2 aromatic heterocycles. The predicted octanol–water partition coefficient (Wildman–Crippen LogP) is 5.36. The van der Waals surface area contributed by atoms with Gasteiger partial charge in [-0.2, -0.15) is 0 Å². The molecule has 4 rings (SSSR count). The van der Waals surface area contributed by atoms with Crippen LogP contribution >= 0.6 is 34.9 Å². The number of ether oxygens (including phenoxy) is 1. The van der Waals surface area contributed by atoms with Crippen LogP contribution in [0.5, 0.6) is 0 Å². The molecule has 2 heterocycles. The van der Waals surface area contributed by atoms with Crippen molar-refractivity contribution in [1.29, 1.82) is 0 Å². The Morgan fingerprint density at radius 3 is 2.66 bits per heavy atom. The molecule has 29 heavy (non-hydrogen) atoms. The topological polar surface area (TPSA) is 52.8 Å². The summed E-state index contributed by atoms with van der Waals surface area (Å²) in [6.07, 6.45) is 0. The van der Waals surface area contributed by atoms with Crippen molar-refractivity contribution in [3.8, 4) is 0 Å². The fourth-order valence-electron chi connectivity index (χ4n) is 2.83. The van der Waals surface area contributed by atoms with Gasteiger partial charge >= 0.3 is 0 Å². The van der Waals surface area contributed by atoms with Gasteiger partial charge in [0.1, 0.15) is 5.82 Å². The van der Waals surface area contributed by atoms with E-state index in [4.69, 9.17) is 9.72 Å². The van der Waals surface area contributed by atoms with E-state index in [-0.39, 0.29) is 0 Å². The number of rotatable bonds is 10. The molecule has 2 aromatic carbocycles. The van der Waals surface area contributed by atoms with Gasteiger partial charge in [-0.05, 0) is 24.6 Å². The molecule has 5 nitrogen and oxygen atoms in total. The van der Waals surface area contributed by atoms with Gasteiger partial charge in [-0.1, -0.05) is 66.0 Å². The van der Waals surface area contributed by atoms with Crippen LogP contribution in [0, 0.1) is 0 Å². The Morgan fingerprint density at radius 2 is 1.83 bits per heavy atom. The molecule has 4 aromatic rings. The monoisotopic (exact) mass is 442 g/mol. The normalized spacial score (nSPS) is 11.3. The number of hydrogen-bond donors (Lipinski definition) is 0. The average molecular weight is 443 g/mol. The van der Waals surface area contributed by atoms with Crippen molar-refractivity contribution in [2.24, 2.45) is 0 Å². The molecule has 0 saturated heterocycles. The molecule has 0 fully saturated rings. The Balaban J connectivity index is 1.50. The summed E-state index contributed by atoms with van der Waals surface area (Å²) in [5.74, 6) is 2.58. The van der Waals surface area contributed by atoms with Crippen molar-refractivity contribution in [2.45, 2.75) is 28.7 Å². The van der Waals surface area contributed by atoms with E-state index in [2.05, 4.69) is 57.2 Å². The number of fused-ring (bicyclic) bond motifs is 1. The van der Waals surface area contributed by atoms with E-state index < -0.39 is 0 Å². The Bertz CT molecular complexity index is 1020. The zero-order chi connectivity index (χ0) is 19.9. The Labute approximate surface area is 182 Å². The molecule has 0 bridgehead atoms. The van der Waals surface area contributed by atoms with Crippen LogP contribution in [0.4, 0.5) is 0 Å². The first-order valence-electron chi connectivity index (χ1n) is 9.48. The fourth-order valence-corrected chi connectivity index (χ4v) is 5.65. The summed E-state index contributed by atoms with van der Waals surface area (Å²) in [6, 6.07) is 18.7. The molecule has 8 heteroatoms. The molecule has 0 amide bonds. The van der Waals surface area contributed by atoms with Crippen molar-refractivity contribution in [3.05, 3.63) is 66.0 Å². The van der Waals surface area contributed by atoms with E-state index in [1.807, 2.05) is 19.1 Å². The van der Waals surface area contributed by atoms with E-state index >= 15 is 0 Å². The smallest absolute Gasteiger partial charge is 0.191 e. The van der Waals surface area contributed by atoms with E-state index in [9.17, 15) is 0 Å². The average Bonchev–Trinajstić information content (AvgIpc) is 3.34. The molecule has 0 atom stereocenters. The van der Waals surface area contributed by atoms with Gasteiger partial charge in [0.2, 0.25) is 0 Å². The van der Waals surface area contributed by atoms with Gasteiger partial charge in [0.15, 0.2) is 9.50 Å². The second kappa shape index (κ2) is 10.2. The SMILES string of the molecule is CCOCCSc1nnc(CSc2nc3ccccc3s2)n1Cc1ccccc1. The van der Waals surface area contributed by atoms with E-state index in [0.29, 0.717) is 0 Å². The third kappa shape index (κ3) is 5.39. The lowest BCUT2D eigenvalue weighted by Crippen LogP contribution is -2.07. The molecular formula is C21H22N4OS3. The maximum absolute atomic E-state index is 5.47. The quantitative estimate of drug-likeness (QED) is 0.243. The predicted molar refractivity (Wildman–Crippen MR) is 122 cm³/mol. The zero-order valence-corrected chi connectivity index (χ0v) is 18.6. The molecule has 0 aliphatic carbocycles. The van der Waals surface area contributed by atoms with Crippen LogP contribution in [-0.2, 0) is 17.0 Å². The molecule has 0 N–H and O–H groups in total. The number of thiazole rings is 1. The van der Waals surface area contributed by atoms with Crippen molar-refractivity contribution >= 4 is 45.1 Å². The molecule has 0 saturated carbocycles. The summed E-state index contributed by atoms with van der Waals surface area (Å²) in [5, 5.41) is 9.88. The summed E-state index contributed by atoms with van der Waals surface area (Å²) < 4.78 is 9.96. The van der Waals surface area contributed by atoms with Gasteiger partial charge < -0.3 is 9.30 Å². The molecule has 0 aliphatic rings. The second-order valence-corrected chi connectivity index (χ2v) is 9.57. The minimum atomic E-state index is 0.717. The summed E-state index contributed by atoms with van der Waals surface area (Å²) in [4.78, 5) is 4.72. The van der Waals surface area contributed by atoms with Crippen LogP contribution in [0.15, 0.2) is 64.1 Å². The minimum Gasteiger partial charge on any atom is -0.381 e. The van der Waals surface area contributed by atoms with Crippen LogP contribution in [0.1, 0.15) is 18.3 Å². The number of thioether (sulfide) groups is 2. The molecule has 0 unspecified atom stereocenters. The maximum Gasteiger partial charge on any atom is 0.191 e. The number of benzene rings is 2. The lowest BCUT2D eigenvalue weighted by molar-refractivity contribution is 0.164. The van der Waals surface area contributed by atoms with E-state index in [0.717, 1.165) is 52.1 Å². The summed E-state index contributed by atoms with van der Waals surface area (Å²) >= 11 is 5.14. The Morgan fingerprint density at radius 1 is 1.00 bits per heavy atom. The highest BCUT2D eigenvalue weighted by Crippen LogP contribution is 2.31. The van der Waals surface area contributed by atoms with Crippen LogP contribution in [0.2, 0.25) is 0 Å². The molecule has 0 spiro atoms. The van der Waals surface area contributed by atoms with Crippen LogP contribution < -0.4 is 0 Å². The van der Waals surface area contributed by atoms with Crippen molar-refractivity contribution in [3.63, 3.8) is 0 Å².